The molecule has 2 aromatic carbocycles. The maximum Gasteiger partial charge on any atom is 0.223 e. The molecule has 2 rings (SSSR count). The van der Waals surface area contributed by atoms with Gasteiger partial charge in [0, 0.05) is 12.2 Å². The van der Waals surface area contributed by atoms with Crippen LogP contribution in [0.15, 0.2) is 48.5 Å². The summed E-state index contributed by atoms with van der Waals surface area (Å²) in [4.78, 5) is 11.8. The Balaban J connectivity index is 1.66. The maximum absolute atomic E-state index is 11.8. The summed E-state index contributed by atoms with van der Waals surface area (Å²) in [5.41, 5.74) is 7.52. The summed E-state index contributed by atoms with van der Waals surface area (Å²) in [6.07, 6.45) is 1.08. The third-order valence-corrected chi connectivity index (χ3v) is 3.37. The Morgan fingerprint density at radius 3 is 2.48 bits per heavy atom. The van der Waals surface area contributed by atoms with Crippen LogP contribution in [-0.4, -0.2) is 26.2 Å². The predicted octanol–water partition coefficient (Wildman–Crippen LogP) is 2.41. The smallest absolute Gasteiger partial charge is 0.223 e. The Labute approximate surface area is 136 Å². The molecule has 0 spiro atoms. The van der Waals surface area contributed by atoms with Gasteiger partial charge in [-0.05, 0) is 36.2 Å². The highest BCUT2D eigenvalue weighted by Crippen LogP contribution is 2.25. The topological polar surface area (TPSA) is 73.6 Å². The first-order valence-corrected chi connectivity index (χ1v) is 7.56. The zero-order valence-corrected chi connectivity index (χ0v) is 13.2. The van der Waals surface area contributed by atoms with E-state index in [4.69, 9.17) is 15.2 Å². The molecule has 0 atom stereocenters. The molecule has 0 saturated heterocycles. The van der Waals surface area contributed by atoms with Gasteiger partial charge in [0.15, 0.2) is 11.5 Å². The van der Waals surface area contributed by atoms with Crippen LogP contribution < -0.4 is 20.5 Å². The fourth-order valence-electron chi connectivity index (χ4n) is 2.11. The predicted molar refractivity (Wildman–Crippen MR) is 90.7 cm³/mol. The lowest BCUT2D eigenvalue weighted by molar-refractivity contribution is -0.121. The first-order chi connectivity index (χ1) is 11.2. The Morgan fingerprint density at radius 2 is 1.78 bits per heavy atom. The van der Waals surface area contributed by atoms with E-state index in [0.29, 0.717) is 31.1 Å². The minimum atomic E-state index is -0.0321. The van der Waals surface area contributed by atoms with Crippen molar-refractivity contribution in [3.63, 3.8) is 0 Å². The molecule has 0 unspecified atom stereocenters. The van der Waals surface area contributed by atoms with Gasteiger partial charge in [-0.1, -0.05) is 24.3 Å². The van der Waals surface area contributed by atoms with Crippen molar-refractivity contribution < 1.29 is 14.3 Å². The molecule has 5 nitrogen and oxygen atoms in total. The highest BCUT2D eigenvalue weighted by atomic mass is 16.5. The first kappa shape index (κ1) is 16.7. The third-order valence-electron chi connectivity index (χ3n) is 3.37. The zero-order valence-electron chi connectivity index (χ0n) is 13.2. The van der Waals surface area contributed by atoms with E-state index in [-0.39, 0.29) is 5.91 Å². The number of para-hydroxylation sites is 2. The SMILES string of the molecule is COc1ccccc1OCCC(=O)NCCc1ccc(N)cc1. The molecule has 0 bridgehead atoms. The summed E-state index contributed by atoms with van der Waals surface area (Å²) >= 11 is 0. The van der Waals surface area contributed by atoms with Gasteiger partial charge in [-0.3, -0.25) is 4.79 Å². The van der Waals surface area contributed by atoms with Crippen LogP contribution in [0.3, 0.4) is 0 Å². The summed E-state index contributed by atoms with van der Waals surface area (Å²) in [7, 11) is 1.59. The minimum Gasteiger partial charge on any atom is -0.493 e. The Morgan fingerprint density at radius 1 is 1.09 bits per heavy atom. The number of nitrogen functional groups attached to an aromatic ring is 1. The minimum absolute atomic E-state index is 0.0321. The summed E-state index contributed by atoms with van der Waals surface area (Å²) in [5.74, 6) is 1.27. The average molecular weight is 314 g/mol. The van der Waals surface area contributed by atoms with Gasteiger partial charge in [-0.15, -0.1) is 0 Å². The summed E-state index contributed by atoms with van der Waals surface area (Å²) in [6, 6.07) is 15.0. The van der Waals surface area contributed by atoms with Gasteiger partial charge in [0.2, 0.25) is 5.91 Å². The lowest BCUT2D eigenvalue weighted by Crippen LogP contribution is -2.27. The number of hydrogen-bond donors (Lipinski definition) is 2. The number of nitrogens with two attached hydrogens (primary N) is 1. The van der Waals surface area contributed by atoms with Crippen LogP contribution in [0.4, 0.5) is 5.69 Å². The van der Waals surface area contributed by atoms with Crippen LogP contribution in [0, 0.1) is 0 Å². The normalized spacial score (nSPS) is 10.1. The molecule has 0 saturated carbocycles. The van der Waals surface area contributed by atoms with E-state index in [1.165, 1.54) is 0 Å². The van der Waals surface area contributed by atoms with Crippen LogP contribution in [-0.2, 0) is 11.2 Å². The van der Waals surface area contributed by atoms with Crippen molar-refractivity contribution in [1.82, 2.24) is 5.32 Å². The molecule has 0 aliphatic rings. The van der Waals surface area contributed by atoms with Crippen LogP contribution in [0.1, 0.15) is 12.0 Å². The van der Waals surface area contributed by atoms with Gasteiger partial charge >= 0.3 is 0 Å². The number of hydrogen-bond acceptors (Lipinski definition) is 4. The fraction of sp³-hybridized carbons (Fsp3) is 0.278. The highest BCUT2D eigenvalue weighted by molar-refractivity contribution is 5.76. The van der Waals surface area contributed by atoms with Crippen molar-refractivity contribution in [3.8, 4) is 11.5 Å². The van der Waals surface area contributed by atoms with Crippen molar-refractivity contribution in [1.29, 1.82) is 0 Å². The number of amides is 1. The molecule has 2 aromatic rings. The number of benzene rings is 2. The van der Waals surface area contributed by atoms with Gasteiger partial charge in [-0.2, -0.15) is 0 Å². The van der Waals surface area contributed by atoms with Gasteiger partial charge in [0.1, 0.15) is 0 Å². The summed E-state index contributed by atoms with van der Waals surface area (Å²) in [5, 5.41) is 2.88. The van der Waals surface area contributed by atoms with Gasteiger partial charge in [0.05, 0.1) is 20.1 Å². The first-order valence-electron chi connectivity index (χ1n) is 7.56. The third kappa shape index (κ3) is 5.54. The molecule has 122 valence electrons. The van der Waals surface area contributed by atoms with Gasteiger partial charge in [-0.25, -0.2) is 0 Å². The number of carbonyl (C=O) groups excluding carboxylic acids is 1. The number of anilines is 1. The Bertz CT molecular complexity index is 626. The van der Waals surface area contributed by atoms with Crippen molar-refractivity contribution in [3.05, 3.63) is 54.1 Å². The molecule has 0 heterocycles. The molecule has 0 aliphatic heterocycles. The van der Waals surface area contributed by atoms with Crippen molar-refractivity contribution >= 4 is 11.6 Å². The number of rotatable bonds is 8. The average Bonchev–Trinajstić information content (AvgIpc) is 2.57. The number of nitrogens with one attached hydrogen (secondary N) is 1. The van der Waals surface area contributed by atoms with E-state index in [0.717, 1.165) is 17.7 Å². The van der Waals surface area contributed by atoms with Crippen LogP contribution >= 0.6 is 0 Å². The number of ether oxygens (including phenoxy) is 2. The fourth-order valence-corrected chi connectivity index (χ4v) is 2.11. The van der Waals surface area contributed by atoms with Crippen LogP contribution in [0.5, 0.6) is 11.5 Å². The van der Waals surface area contributed by atoms with Crippen molar-refractivity contribution in [2.45, 2.75) is 12.8 Å². The quantitative estimate of drug-likeness (QED) is 0.734. The second kappa shape index (κ2) is 8.68. The molecule has 0 fully saturated rings. The van der Waals surface area contributed by atoms with E-state index in [1.807, 2.05) is 48.5 Å². The standard InChI is InChI=1S/C18H22N2O3/c1-22-16-4-2-3-5-17(16)23-13-11-18(21)20-12-10-14-6-8-15(19)9-7-14/h2-9H,10-13,19H2,1H3,(H,20,21). The summed E-state index contributed by atoms with van der Waals surface area (Å²) < 4.78 is 10.8. The largest absolute Gasteiger partial charge is 0.493 e. The Kier molecular flexibility index (Phi) is 6.29. The summed E-state index contributed by atoms with van der Waals surface area (Å²) in [6.45, 7) is 0.908. The second-order valence-corrected chi connectivity index (χ2v) is 5.09. The van der Waals surface area contributed by atoms with E-state index in [9.17, 15) is 4.79 Å². The monoisotopic (exact) mass is 314 g/mol. The molecule has 1 amide bonds. The van der Waals surface area contributed by atoms with E-state index >= 15 is 0 Å². The number of carbonyl (C=O) groups is 1. The Hall–Kier alpha value is -2.69. The molecule has 23 heavy (non-hydrogen) atoms. The molecule has 0 aliphatic carbocycles. The molecule has 0 radical (unpaired) electrons. The maximum atomic E-state index is 11.8. The van der Waals surface area contributed by atoms with E-state index in [2.05, 4.69) is 5.32 Å². The molecule has 5 heteroatoms. The lowest BCUT2D eigenvalue weighted by atomic mass is 10.1. The van der Waals surface area contributed by atoms with Gasteiger partial charge in [0.25, 0.3) is 0 Å². The highest BCUT2D eigenvalue weighted by Gasteiger charge is 2.05. The van der Waals surface area contributed by atoms with Gasteiger partial charge < -0.3 is 20.5 Å². The second-order valence-electron chi connectivity index (χ2n) is 5.09. The number of methoxy groups -OCH3 is 1. The van der Waals surface area contributed by atoms with E-state index < -0.39 is 0 Å². The van der Waals surface area contributed by atoms with Crippen LogP contribution in [0.2, 0.25) is 0 Å². The zero-order chi connectivity index (χ0) is 16.5. The molecule has 3 N–H and O–H groups in total. The molecular formula is C18H22N2O3. The lowest BCUT2D eigenvalue weighted by Gasteiger charge is -2.10. The van der Waals surface area contributed by atoms with E-state index in [1.54, 1.807) is 7.11 Å². The van der Waals surface area contributed by atoms with Crippen molar-refractivity contribution in [2.24, 2.45) is 0 Å². The van der Waals surface area contributed by atoms with Crippen molar-refractivity contribution in [2.75, 3.05) is 26.0 Å². The van der Waals surface area contributed by atoms with Crippen LogP contribution in [0.25, 0.3) is 0 Å². The molecule has 0 aromatic heterocycles. The molecular weight excluding hydrogens is 292 g/mol.